The number of nitrogens with zero attached hydrogens (tertiary/aromatic N) is 1. The monoisotopic (exact) mass is 253 g/mol. The first-order valence-electron chi connectivity index (χ1n) is 7.62. The maximum absolute atomic E-state index is 12.1. The lowest BCUT2D eigenvalue weighted by Gasteiger charge is -2.33. The van der Waals surface area contributed by atoms with Crippen molar-refractivity contribution in [3.05, 3.63) is 0 Å². The standard InChI is InChI=1S/C15H27NO2/c1-12(17)14-8-10-16(11-9-14)15(18)7-6-13-4-2-3-5-13/h12-14,17H,2-11H2,1H3. The minimum absolute atomic E-state index is 0.222. The molecule has 104 valence electrons. The summed E-state index contributed by atoms with van der Waals surface area (Å²) >= 11 is 0. The van der Waals surface area contributed by atoms with E-state index in [1.165, 1.54) is 25.7 Å². The highest BCUT2D eigenvalue weighted by Gasteiger charge is 2.25. The Hall–Kier alpha value is -0.570. The Morgan fingerprint density at radius 1 is 1.22 bits per heavy atom. The molecule has 2 aliphatic rings. The number of aliphatic hydroxyl groups excluding tert-OH is 1. The predicted octanol–water partition coefficient (Wildman–Crippen LogP) is 2.58. The lowest BCUT2D eigenvalue weighted by atomic mass is 9.92. The van der Waals surface area contributed by atoms with E-state index in [9.17, 15) is 9.90 Å². The highest BCUT2D eigenvalue weighted by Crippen LogP contribution is 2.29. The number of rotatable bonds is 4. The summed E-state index contributed by atoms with van der Waals surface area (Å²) < 4.78 is 0. The Morgan fingerprint density at radius 2 is 1.83 bits per heavy atom. The van der Waals surface area contributed by atoms with Crippen LogP contribution in [0.5, 0.6) is 0 Å². The molecular formula is C15H27NO2. The van der Waals surface area contributed by atoms with E-state index in [-0.39, 0.29) is 6.10 Å². The van der Waals surface area contributed by atoms with Gasteiger partial charge >= 0.3 is 0 Å². The van der Waals surface area contributed by atoms with Crippen molar-refractivity contribution < 1.29 is 9.90 Å². The Labute approximate surface area is 111 Å². The van der Waals surface area contributed by atoms with Gasteiger partial charge in [0.05, 0.1) is 6.10 Å². The van der Waals surface area contributed by atoms with Gasteiger partial charge in [0.15, 0.2) is 0 Å². The number of carbonyl (C=O) groups excluding carboxylic acids is 1. The lowest BCUT2D eigenvalue weighted by Crippen LogP contribution is -2.40. The smallest absolute Gasteiger partial charge is 0.222 e. The van der Waals surface area contributed by atoms with Crippen LogP contribution in [0.4, 0.5) is 0 Å². The van der Waals surface area contributed by atoms with Gasteiger partial charge in [-0.25, -0.2) is 0 Å². The maximum atomic E-state index is 12.1. The molecule has 1 saturated heterocycles. The molecule has 1 unspecified atom stereocenters. The van der Waals surface area contributed by atoms with E-state index in [2.05, 4.69) is 0 Å². The molecule has 1 saturated carbocycles. The van der Waals surface area contributed by atoms with E-state index in [0.717, 1.165) is 44.7 Å². The predicted molar refractivity (Wildman–Crippen MR) is 72.2 cm³/mol. The van der Waals surface area contributed by atoms with Gasteiger partial charge in [0.1, 0.15) is 0 Å². The summed E-state index contributed by atoms with van der Waals surface area (Å²) in [6.07, 6.45) is 8.92. The number of carbonyl (C=O) groups is 1. The van der Waals surface area contributed by atoms with Crippen LogP contribution in [-0.2, 0) is 4.79 Å². The van der Waals surface area contributed by atoms with E-state index in [1.54, 1.807) is 0 Å². The summed E-state index contributed by atoms with van der Waals surface area (Å²) in [5.41, 5.74) is 0. The van der Waals surface area contributed by atoms with Crippen molar-refractivity contribution in [1.82, 2.24) is 4.90 Å². The Kier molecular flexibility index (Phi) is 5.04. The molecule has 0 spiro atoms. The Morgan fingerprint density at radius 3 is 2.39 bits per heavy atom. The fourth-order valence-electron chi connectivity index (χ4n) is 3.42. The molecule has 18 heavy (non-hydrogen) atoms. The van der Waals surface area contributed by atoms with E-state index in [1.807, 2.05) is 11.8 Å². The van der Waals surface area contributed by atoms with Gasteiger partial charge in [-0.15, -0.1) is 0 Å². The summed E-state index contributed by atoms with van der Waals surface area (Å²) in [6.45, 7) is 3.56. The first-order valence-corrected chi connectivity index (χ1v) is 7.62. The number of piperidine rings is 1. The second-order valence-corrected chi connectivity index (χ2v) is 6.15. The minimum atomic E-state index is -0.222. The highest BCUT2D eigenvalue weighted by molar-refractivity contribution is 5.76. The zero-order valence-corrected chi connectivity index (χ0v) is 11.6. The zero-order valence-electron chi connectivity index (χ0n) is 11.6. The van der Waals surface area contributed by atoms with Crippen LogP contribution in [-0.4, -0.2) is 35.1 Å². The molecule has 1 heterocycles. The van der Waals surface area contributed by atoms with Gasteiger partial charge in [-0.2, -0.15) is 0 Å². The summed E-state index contributed by atoms with van der Waals surface area (Å²) in [7, 11) is 0. The SMILES string of the molecule is CC(O)C1CCN(C(=O)CCC2CCCC2)CC1. The topological polar surface area (TPSA) is 40.5 Å². The minimum Gasteiger partial charge on any atom is -0.393 e. The number of hydrogen-bond acceptors (Lipinski definition) is 2. The van der Waals surface area contributed by atoms with Crippen LogP contribution in [0.2, 0.25) is 0 Å². The van der Waals surface area contributed by atoms with Crippen LogP contribution in [0.15, 0.2) is 0 Å². The molecular weight excluding hydrogens is 226 g/mol. The molecule has 0 bridgehead atoms. The zero-order chi connectivity index (χ0) is 13.0. The average molecular weight is 253 g/mol. The fourth-order valence-corrected chi connectivity index (χ4v) is 3.42. The molecule has 1 atom stereocenters. The van der Waals surface area contributed by atoms with E-state index in [4.69, 9.17) is 0 Å². The fraction of sp³-hybridized carbons (Fsp3) is 0.933. The van der Waals surface area contributed by atoms with Crippen LogP contribution >= 0.6 is 0 Å². The van der Waals surface area contributed by atoms with Crippen LogP contribution in [0.25, 0.3) is 0 Å². The molecule has 1 amide bonds. The summed E-state index contributed by atoms with van der Waals surface area (Å²) in [5.74, 6) is 1.54. The van der Waals surface area contributed by atoms with E-state index in [0.29, 0.717) is 11.8 Å². The number of aliphatic hydroxyl groups is 1. The highest BCUT2D eigenvalue weighted by atomic mass is 16.3. The molecule has 0 aromatic carbocycles. The third-order valence-corrected chi connectivity index (χ3v) is 4.82. The normalized spacial score (nSPS) is 24.4. The molecule has 1 aliphatic carbocycles. The van der Waals surface area contributed by atoms with Gasteiger partial charge in [0, 0.05) is 19.5 Å². The molecule has 1 N–H and O–H groups in total. The molecule has 2 fully saturated rings. The lowest BCUT2D eigenvalue weighted by molar-refractivity contribution is -0.133. The molecule has 0 aromatic rings. The molecule has 1 aliphatic heterocycles. The molecule has 0 aromatic heterocycles. The van der Waals surface area contributed by atoms with Crippen molar-refractivity contribution in [3.63, 3.8) is 0 Å². The quantitative estimate of drug-likeness (QED) is 0.836. The molecule has 0 radical (unpaired) electrons. The maximum Gasteiger partial charge on any atom is 0.222 e. The first kappa shape index (κ1) is 13.9. The average Bonchev–Trinajstić information content (AvgIpc) is 2.89. The van der Waals surface area contributed by atoms with Crippen molar-refractivity contribution in [2.75, 3.05) is 13.1 Å². The number of amides is 1. The van der Waals surface area contributed by atoms with Crippen molar-refractivity contribution in [1.29, 1.82) is 0 Å². The largest absolute Gasteiger partial charge is 0.393 e. The van der Waals surface area contributed by atoms with E-state index < -0.39 is 0 Å². The van der Waals surface area contributed by atoms with E-state index >= 15 is 0 Å². The van der Waals surface area contributed by atoms with Crippen LogP contribution < -0.4 is 0 Å². The van der Waals surface area contributed by atoms with Gasteiger partial charge in [-0.3, -0.25) is 4.79 Å². The van der Waals surface area contributed by atoms with Crippen molar-refractivity contribution in [2.45, 2.75) is 64.4 Å². The molecule has 2 rings (SSSR count). The number of likely N-dealkylation sites (tertiary alicyclic amines) is 1. The van der Waals surface area contributed by atoms with Crippen LogP contribution in [0.3, 0.4) is 0 Å². The van der Waals surface area contributed by atoms with Crippen LogP contribution in [0, 0.1) is 11.8 Å². The Bertz CT molecular complexity index is 264. The van der Waals surface area contributed by atoms with Gasteiger partial charge in [-0.05, 0) is 38.0 Å². The summed E-state index contributed by atoms with van der Waals surface area (Å²) in [6, 6.07) is 0. The van der Waals surface area contributed by atoms with Gasteiger partial charge in [0.25, 0.3) is 0 Å². The van der Waals surface area contributed by atoms with Crippen molar-refractivity contribution >= 4 is 5.91 Å². The van der Waals surface area contributed by atoms with Gasteiger partial charge in [-0.1, -0.05) is 25.7 Å². The number of hydrogen-bond donors (Lipinski definition) is 1. The summed E-state index contributed by atoms with van der Waals surface area (Å²) in [5, 5.41) is 9.55. The van der Waals surface area contributed by atoms with Gasteiger partial charge < -0.3 is 10.0 Å². The first-order chi connectivity index (χ1) is 8.66. The second-order valence-electron chi connectivity index (χ2n) is 6.15. The molecule has 3 heteroatoms. The van der Waals surface area contributed by atoms with Crippen molar-refractivity contribution in [2.24, 2.45) is 11.8 Å². The van der Waals surface area contributed by atoms with Gasteiger partial charge in [0.2, 0.25) is 5.91 Å². The third-order valence-electron chi connectivity index (χ3n) is 4.82. The van der Waals surface area contributed by atoms with Crippen LogP contribution in [0.1, 0.15) is 58.3 Å². The molecule has 3 nitrogen and oxygen atoms in total. The Balaban J connectivity index is 1.67. The third kappa shape index (κ3) is 3.71. The summed E-state index contributed by atoms with van der Waals surface area (Å²) in [4.78, 5) is 14.1. The second kappa shape index (κ2) is 6.55. The van der Waals surface area contributed by atoms with Crippen molar-refractivity contribution in [3.8, 4) is 0 Å².